The Labute approximate surface area is 183 Å². The van der Waals surface area contributed by atoms with Gasteiger partial charge in [0.1, 0.15) is 17.6 Å². The zero-order valence-corrected chi connectivity index (χ0v) is 19.0. The number of benzene rings is 1. The summed E-state index contributed by atoms with van der Waals surface area (Å²) in [6.45, 7) is 13.6. The molecular formula is C24H29N5O2. The van der Waals surface area contributed by atoms with E-state index in [1.54, 1.807) is 0 Å². The van der Waals surface area contributed by atoms with Crippen molar-refractivity contribution in [3.8, 4) is 18.5 Å². The summed E-state index contributed by atoms with van der Waals surface area (Å²) in [6.07, 6.45) is 1.23. The van der Waals surface area contributed by atoms with E-state index in [1.165, 1.54) is 13.2 Å². The number of nitrogens with one attached hydrogen (secondary N) is 1. The number of aromatic nitrogens is 3. The highest BCUT2D eigenvalue weighted by Crippen LogP contribution is 2.29. The van der Waals surface area contributed by atoms with Crippen LogP contribution < -0.4 is 10.3 Å². The molecule has 0 aliphatic heterocycles. The van der Waals surface area contributed by atoms with Gasteiger partial charge in [-0.25, -0.2) is 10.2 Å². The first-order valence-electron chi connectivity index (χ1n) is 10.1. The molecule has 1 aromatic carbocycles. The van der Waals surface area contributed by atoms with Crippen molar-refractivity contribution >= 4 is 10.9 Å². The average Bonchev–Trinajstić information content (AvgIpc) is 2.80. The van der Waals surface area contributed by atoms with Gasteiger partial charge in [0.05, 0.1) is 7.11 Å². The summed E-state index contributed by atoms with van der Waals surface area (Å²) >= 11 is 0. The Morgan fingerprint density at radius 2 is 1.84 bits per heavy atom. The molecule has 7 heteroatoms. The van der Waals surface area contributed by atoms with Gasteiger partial charge in [0.25, 0.3) is 5.56 Å². The molecule has 162 valence electrons. The van der Waals surface area contributed by atoms with Crippen LogP contribution in [-0.4, -0.2) is 22.1 Å². The van der Waals surface area contributed by atoms with Crippen molar-refractivity contribution in [2.75, 3.05) is 7.11 Å². The molecule has 0 aliphatic rings. The first-order valence-corrected chi connectivity index (χ1v) is 10.1. The average molecular weight is 420 g/mol. The number of hydrogen-bond donors (Lipinski definition) is 1. The molecule has 3 aromatic rings. The lowest BCUT2D eigenvalue weighted by atomic mass is 9.81. The molecule has 0 bridgehead atoms. The Kier molecular flexibility index (Phi) is 9.37. The zero-order chi connectivity index (χ0) is 23.6. The van der Waals surface area contributed by atoms with Crippen molar-refractivity contribution in [1.29, 1.82) is 10.5 Å². The van der Waals surface area contributed by atoms with E-state index in [-0.39, 0.29) is 16.7 Å². The van der Waals surface area contributed by atoms with E-state index in [9.17, 15) is 4.79 Å². The van der Waals surface area contributed by atoms with Crippen LogP contribution in [0.4, 0.5) is 0 Å². The SMILES string of the molecule is C#N.CC.CCc1cc2ccc(C(C)(C)Cc3nc(C#N)cc(OC)n3)cc2[nH]c1=O. The van der Waals surface area contributed by atoms with Crippen LogP contribution in [0.25, 0.3) is 10.9 Å². The molecule has 0 saturated heterocycles. The number of rotatable bonds is 5. The number of methoxy groups -OCH3 is 1. The predicted molar refractivity (Wildman–Crippen MR) is 122 cm³/mol. The molecule has 0 spiro atoms. The minimum absolute atomic E-state index is 0.0465. The second kappa shape index (κ2) is 11.5. The third-order valence-corrected chi connectivity index (χ3v) is 4.76. The standard InChI is InChI=1S/C21H22N4O2.C2H6.CHN/c1-5-13-8-14-6-7-15(9-17(14)24-20(13)26)21(2,3)11-18-23-16(12-22)10-19(25-18)27-4;2*1-2/h6-10H,5,11H2,1-4H3,(H,24,26);1-2H3;1H. The van der Waals surface area contributed by atoms with E-state index < -0.39 is 0 Å². The van der Waals surface area contributed by atoms with Crippen LogP contribution >= 0.6 is 0 Å². The quantitative estimate of drug-likeness (QED) is 0.653. The highest BCUT2D eigenvalue weighted by atomic mass is 16.5. The summed E-state index contributed by atoms with van der Waals surface area (Å²) in [4.78, 5) is 23.8. The topological polar surface area (TPSA) is 115 Å². The molecule has 0 atom stereocenters. The van der Waals surface area contributed by atoms with Crippen LogP contribution in [0.5, 0.6) is 5.88 Å². The number of nitriles is 2. The van der Waals surface area contributed by atoms with Gasteiger partial charge < -0.3 is 9.72 Å². The molecule has 0 saturated carbocycles. The molecule has 0 unspecified atom stereocenters. The lowest BCUT2D eigenvalue weighted by molar-refractivity contribution is 0.391. The van der Waals surface area contributed by atoms with E-state index in [1.807, 2.05) is 45.0 Å². The van der Waals surface area contributed by atoms with Gasteiger partial charge in [-0.05, 0) is 34.9 Å². The van der Waals surface area contributed by atoms with Crippen LogP contribution in [0.2, 0.25) is 0 Å². The Morgan fingerprint density at radius 1 is 1.16 bits per heavy atom. The summed E-state index contributed by atoms with van der Waals surface area (Å²) in [7, 11) is 1.52. The van der Waals surface area contributed by atoms with Gasteiger partial charge in [0.15, 0.2) is 0 Å². The number of nitrogens with zero attached hydrogens (tertiary/aromatic N) is 4. The maximum Gasteiger partial charge on any atom is 0.251 e. The maximum absolute atomic E-state index is 12.1. The fraction of sp³-hybridized carbons (Fsp3) is 0.375. The van der Waals surface area contributed by atoms with Crippen molar-refractivity contribution < 1.29 is 4.74 Å². The van der Waals surface area contributed by atoms with Crippen LogP contribution in [0.15, 0.2) is 35.1 Å². The van der Waals surface area contributed by atoms with Crippen LogP contribution in [0, 0.1) is 23.2 Å². The van der Waals surface area contributed by atoms with Gasteiger partial charge in [-0.15, -0.1) is 0 Å². The fourth-order valence-corrected chi connectivity index (χ4v) is 3.14. The molecule has 0 fully saturated rings. The zero-order valence-electron chi connectivity index (χ0n) is 19.0. The summed E-state index contributed by atoms with van der Waals surface area (Å²) in [6, 6.07) is 11.6. The highest BCUT2D eigenvalue weighted by molar-refractivity contribution is 5.80. The smallest absolute Gasteiger partial charge is 0.251 e. The van der Waals surface area contributed by atoms with Crippen LogP contribution in [0.3, 0.4) is 0 Å². The van der Waals surface area contributed by atoms with Gasteiger partial charge in [0.2, 0.25) is 5.88 Å². The second-order valence-corrected chi connectivity index (χ2v) is 7.16. The predicted octanol–water partition coefficient (Wildman–Crippen LogP) is 4.45. The summed E-state index contributed by atoms with van der Waals surface area (Å²) in [5, 5.41) is 16.7. The minimum atomic E-state index is -0.298. The molecule has 0 radical (unpaired) electrons. The van der Waals surface area contributed by atoms with E-state index in [0.29, 0.717) is 24.5 Å². The number of fused-ring (bicyclic) bond motifs is 1. The molecular weight excluding hydrogens is 390 g/mol. The third-order valence-electron chi connectivity index (χ3n) is 4.76. The van der Waals surface area contributed by atoms with E-state index in [4.69, 9.17) is 15.3 Å². The van der Waals surface area contributed by atoms with Crippen molar-refractivity contribution in [1.82, 2.24) is 15.0 Å². The van der Waals surface area contributed by atoms with Crippen LogP contribution in [-0.2, 0) is 18.3 Å². The van der Waals surface area contributed by atoms with E-state index in [0.717, 1.165) is 22.0 Å². The van der Waals surface area contributed by atoms with Gasteiger partial charge in [-0.2, -0.15) is 10.2 Å². The normalized spacial score (nSPS) is 10.2. The van der Waals surface area contributed by atoms with Crippen molar-refractivity contribution in [2.24, 2.45) is 0 Å². The number of pyridine rings is 1. The van der Waals surface area contributed by atoms with Crippen LogP contribution in [0.1, 0.15) is 57.3 Å². The lowest BCUT2D eigenvalue weighted by Gasteiger charge is -2.25. The number of aromatic amines is 1. The molecule has 7 nitrogen and oxygen atoms in total. The Bertz CT molecular complexity index is 1140. The van der Waals surface area contributed by atoms with Gasteiger partial charge in [-0.1, -0.05) is 46.8 Å². The second-order valence-electron chi connectivity index (χ2n) is 7.16. The third kappa shape index (κ3) is 6.13. The Balaban J connectivity index is 0.00000113. The van der Waals surface area contributed by atoms with Crippen molar-refractivity contribution in [3.63, 3.8) is 0 Å². The van der Waals surface area contributed by atoms with E-state index in [2.05, 4.69) is 41.4 Å². The van der Waals surface area contributed by atoms with Gasteiger partial charge in [-0.3, -0.25) is 4.79 Å². The first-order chi connectivity index (χ1) is 14.9. The van der Waals surface area contributed by atoms with Gasteiger partial charge >= 0.3 is 0 Å². The summed E-state index contributed by atoms with van der Waals surface area (Å²) in [5.41, 5.74) is 2.58. The monoisotopic (exact) mass is 419 g/mol. The Hall–Kier alpha value is -3.71. The largest absolute Gasteiger partial charge is 0.481 e. The van der Waals surface area contributed by atoms with Gasteiger partial charge in [0, 0.05) is 30.1 Å². The molecule has 2 heterocycles. The van der Waals surface area contributed by atoms with Crippen molar-refractivity contribution in [3.05, 3.63) is 63.3 Å². The molecule has 31 heavy (non-hydrogen) atoms. The highest BCUT2D eigenvalue weighted by Gasteiger charge is 2.24. The number of H-pyrrole nitrogens is 1. The molecule has 2 aromatic heterocycles. The molecule has 3 rings (SSSR count). The fourth-order valence-electron chi connectivity index (χ4n) is 3.14. The summed E-state index contributed by atoms with van der Waals surface area (Å²) in [5.74, 6) is 0.924. The summed E-state index contributed by atoms with van der Waals surface area (Å²) < 4.78 is 5.17. The number of aryl methyl sites for hydroxylation is 1. The number of hydrogen-bond acceptors (Lipinski definition) is 6. The molecule has 0 aliphatic carbocycles. The van der Waals surface area contributed by atoms with E-state index >= 15 is 0 Å². The molecule has 0 amide bonds. The van der Waals surface area contributed by atoms with Crippen molar-refractivity contribution in [2.45, 2.75) is 52.9 Å². The Morgan fingerprint density at radius 3 is 2.42 bits per heavy atom. The molecule has 1 N–H and O–H groups in total. The lowest BCUT2D eigenvalue weighted by Crippen LogP contribution is -2.22. The minimum Gasteiger partial charge on any atom is -0.481 e. The number of ether oxygens (including phenoxy) is 1. The maximum atomic E-state index is 12.1. The first kappa shape index (κ1) is 25.3.